The number of methoxy groups -OCH3 is 1. The second kappa shape index (κ2) is 41.1. The molecule has 0 radical (unpaired) electrons. The van der Waals surface area contributed by atoms with Gasteiger partial charge in [0.15, 0.2) is 0 Å². The van der Waals surface area contributed by atoms with E-state index < -0.39 is 0 Å². The van der Waals surface area contributed by atoms with Crippen molar-refractivity contribution in [2.24, 2.45) is 5.73 Å². The first-order valence-corrected chi connectivity index (χ1v) is 17.0. The zero-order valence-corrected chi connectivity index (χ0v) is 29.3. The van der Waals surface area contributed by atoms with Gasteiger partial charge in [0.2, 0.25) is 5.91 Å². The molecule has 0 unspecified atom stereocenters. The molecule has 282 valence electrons. The Morgan fingerprint density at radius 3 is 1.02 bits per heavy atom. The molecule has 0 aromatic carbocycles. The predicted molar refractivity (Wildman–Crippen MR) is 176 cm³/mol. The van der Waals surface area contributed by atoms with Gasteiger partial charge in [0.25, 0.3) is 0 Å². The van der Waals surface area contributed by atoms with E-state index in [4.69, 9.17) is 62.6 Å². The minimum absolute atomic E-state index is 0.00702. The summed E-state index contributed by atoms with van der Waals surface area (Å²) in [5, 5.41) is 2.89. The van der Waals surface area contributed by atoms with Crippen LogP contribution in [0.4, 0.5) is 0 Å². The van der Waals surface area contributed by atoms with E-state index in [1.807, 2.05) is 6.92 Å². The molecule has 0 spiro atoms. The Morgan fingerprint density at radius 2 is 0.745 bits per heavy atom. The van der Waals surface area contributed by atoms with E-state index in [9.17, 15) is 4.79 Å². The van der Waals surface area contributed by atoms with Gasteiger partial charge in [0.05, 0.1) is 152 Å². The molecule has 15 nitrogen and oxygen atoms in total. The Kier molecular flexibility index (Phi) is 40.2. The van der Waals surface area contributed by atoms with Crippen LogP contribution in [0.5, 0.6) is 0 Å². The molecule has 47 heavy (non-hydrogen) atoms. The SMILES string of the molecule is COCCOCCOCCOCCOCCOCCOCCOCCOCCOCCOCCOCCC(=O)NCCCC[C@@H](C)N. The van der Waals surface area contributed by atoms with E-state index in [0.29, 0.717) is 165 Å². The van der Waals surface area contributed by atoms with Crippen molar-refractivity contribution in [1.82, 2.24) is 5.32 Å². The van der Waals surface area contributed by atoms with Crippen molar-refractivity contribution in [3.8, 4) is 0 Å². The van der Waals surface area contributed by atoms with Crippen LogP contribution in [0.25, 0.3) is 0 Å². The van der Waals surface area contributed by atoms with Crippen LogP contribution in [0.1, 0.15) is 32.6 Å². The van der Waals surface area contributed by atoms with Crippen molar-refractivity contribution in [3.05, 3.63) is 0 Å². The first-order chi connectivity index (χ1) is 23.2. The highest BCUT2D eigenvalue weighted by atomic mass is 16.6. The molecule has 1 amide bonds. The van der Waals surface area contributed by atoms with E-state index in [0.717, 1.165) is 19.3 Å². The van der Waals surface area contributed by atoms with Gasteiger partial charge in [-0.3, -0.25) is 4.79 Å². The fraction of sp³-hybridized carbons (Fsp3) is 0.969. The highest BCUT2D eigenvalue weighted by Crippen LogP contribution is 1.97. The van der Waals surface area contributed by atoms with Gasteiger partial charge in [-0.2, -0.15) is 0 Å². The van der Waals surface area contributed by atoms with Crippen molar-refractivity contribution in [2.75, 3.05) is 166 Å². The Labute approximate surface area is 282 Å². The number of nitrogens with two attached hydrogens (primary N) is 1. The maximum atomic E-state index is 11.7. The Bertz CT molecular complexity index is 609. The summed E-state index contributed by atoms with van der Waals surface area (Å²) in [4.78, 5) is 11.7. The van der Waals surface area contributed by atoms with Crippen molar-refractivity contribution in [1.29, 1.82) is 0 Å². The minimum Gasteiger partial charge on any atom is -0.382 e. The third kappa shape index (κ3) is 42.9. The number of nitrogens with one attached hydrogen (secondary N) is 1. The zero-order valence-electron chi connectivity index (χ0n) is 29.3. The summed E-state index contributed by atoms with van der Waals surface area (Å²) in [6.07, 6.45) is 3.30. The number of amides is 1. The van der Waals surface area contributed by atoms with Crippen LogP contribution in [-0.2, 0) is 61.6 Å². The van der Waals surface area contributed by atoms with Gasteiger partial charge in [0, 0.05) is 26.1 Å². The molecule has 0 aliphatic carbocycles. The lowest BCUT2D eigenvalue weighted by atomic mass is 10.1. The maximum absolute atomic E-state index is 11.7. The highest BCUT2D eigenvalue weighted by Gasteiger charge is 2.02. The summed E-state index contributed by atoms with van der Waals surface area (Å²) in [6, 6.07) is 0.214. The van der Waals surface area contributed by atoms with E-state index in [1.165, 1.54) is 0 Å². The van der Waals surface area contributed by atoms with Gasteiger partial charge < -0.3 is 67.9 Å². The Hall–Kier alpha value is -1.05. The third-order valence-electron chi connectivity index (χ3n) is 6.03. The quantitative estimate of drug-likeness (QED) is 0.0869. The normalized spacial score (nSPS) is 12.1. The van der Waals surface area contributed by atoms with Crippen LogP contribution in [0, 0.1) is 0 Å². The monoisotopic (exact) mass is 686 g/mol. The van der Waals surface area contributed by atoms with Gasteiger partial charge in [-0.05, 0) is 19.8 Å². The summed E-state index contributed by atoms with van der Waals surface area (Å²) < 4.78 is 64.7. The molecule has 0 aliphatic heterocycles. The van der Waals surface area contributed by atoms with E-state index >= 15 is 0 Å². The molecule has 0 bridgehead atoms. The molecule has 15 heteroatoms. The number of hydrogen-bond donors (Lipinski definition) is 2. The van der Waals surface area contributed by atoms with Crippen molar-refractivity contribution in [3.63, 3.8) is 0 Å². The third-order valence-corrected chi connectivity index (χ3v) is 6.03. The van der Waals surface area contributed by atoms with Crippen molar-refractivity contribution in [2.45, 2.75) is 38.6 Å². The summed E-state index contributed by atoms with van der Waals surface area (Å²) in [5.41, 5.74) is 5.71. The molecule has 0 aliphatic rings. The van der Waals surface area contributed by atoms with E-state index in [1.54, 1.807) is 7.11 Å². The molecule has 3 N–H and O–H groups in total. The Balaban J connectivity index is 3.09. The number of hydrogen-bond acceptors (Lipinski definition) is 14. The van der Waals surface area contributed by atoms with Crippen LogP contribution < -0.4 is 11.1 Å². The van der Waals surface area contributed by atoms with Gasteiger partial charge in [-0.25, -0.2) is 0 Å². The molecule has 0 saturated heterocycles. The minimum atomic E-state index is 0.00702. The zero-order chi connectivity index (χ0) is 34.1. The average molecular weight is 687 g/mol. The number of ether oxygens (including phenoxy) is 12. The van der Waals surface area contributed by atoms with Crippen LogP contribution in [0.15, 0.2) is 0 Å². The van der Waals surface area contributed by atoms with Crippen LogP contribution in [0.2, 0.25) is 0 Å². The van der Waals surface area contributed by atoms with Crippen molar-refractivity contribution < 1.29 is 61.6 Å². The number of unbranched alkanes of at least 4 members (excludes halogenated alkanes) is 1. The smallest absolute Gasteiger partial charge is 0.222 e. The predicted octanol–water partition coefficient (Wildman–Crippen LogP) is 0.839. The first kappa shape index (κ1) is 46.0. The molecule has 0 saturated carbocycles. The van der Waals surface area contributed by atoms with Crippen LogP contribution >= 0.6 is 0 Å². The molecule has 0 aromatic heterocycles. The average Bonchev–Trinajstić information content (AvgIpc) is 3.06. The standard InChI is InChI=1S/C32H66N2O13/c1-31(33)5-3-4-7-34-32(35)6-8-37-11-12-39-15-16-41-19-20-43-23-24-45-27-28-47-30-29-46-26-25-44-22-21-42-18-17-40-14-13-38-10-9-36-2/h31H,3-30,33H2,1-2H3,(H,34,35)/t31-/m1/s1. The summed E-state index contributed by atoms with van der Waals surface area (Å²) in [5.74, 6) is 0.00702. The topological polar surface area (TPSA) is 166 Å². The number of carbonyl (C=O) groups is 1. The second-order valence-electron chi connectivity index (χ2n) is 10.3. The van der Waals surface area contributed by atoms with Gasteiger partial charge in [-0.1, -0.05) is 6.42 Å². The second-order valence-corrected chi connectivity index (χ2v) is 10.3. The van der Waals surface area contributed by atoms with Crippen LogP contribution in [0.3, 0.4) is 0 Å². The van der Waals surface area contributed by atoms with E-state index in [2.05, 4.69) is 5.32 Å². The Morgan fingerprint density at radius 1 is 0.468 bits per heavy atom. The van der Waals surface area contributed by atoms with Gasteiger partial charge in [-0.15, -0.1) is 0 Å². The fourth-order valence-corrected chi connectivity index (χ4v) is 3.52. The summed E-state index contributed by atoms with van der Waals surface area (Å²) in [6.45, 7) is 14.3. The molecule has 0 rings (SSSR count). The molecule has 1 atom stereocenters. The molecular formula is C32H66N2O13. The summed E-state index contributed by atoms with van der Waals surface area (Å²) >= 11 is 0. The molecular weight excluding hydrogens is 620 g/mol. The van der Waals surface area contributed by atoms with E-state index in [-0.39, 0.29) is 11.9 Å². The lowest BCUT2D eigenvalue weighted by Gasteiger charge is -2.09. The lowest BCUT2D eigenvalue weighted by Crippen LogP contribution is -2.26. The molecule has 0 heterocycles. The summed E-state index contributed by atoms with van der Waals surface area (Å²) in [7, 11) is 1.64. The van der Waals surface area contributed by atoms with Gasteiger partial charge >= 0.3 is 0 Å². The largest absolute Gasteiger partial charge is 0.382 e. The van der Waals surface area contributed by atoms with Crippen LogP contribution in [-0.4, -0.2) is 178 Å². The lowest BCUT2D eigenvalue weighted by molar-refractivity contribution is -0.122. The highest BCUT2D eigenvalue weighted by molar-refractivity contribution is 5.75. The first-order valence-electron chi connectivity index (χ1n) is 17.0. The fourth-order valence-electron chi connectivity index (χ4n) is 3.52. The molecule has 0 fully saturated rings. The molecule has 0 aromatic rings. The number of carbonyl (C=O) groups excluding carboxylic acids is 1. The van der Waals surface area contributed by atoms with Crippen molar-refractivity contribution >= 4 is 5.91 Å². The maximum Gasteiger partial charge on any atom is 0.222 e. The number of rotatable bonds is 41. The van der Waals surface area contributed by atoms with Gasteiger partial charge in [0.1, 0.15) is 0 Å².